The number of hydrogen-bond donors (Lipinski definition) is 1. The van der Waals surface area contributed by atoms with E-state index in [1.54, 1.807) is 0 Å². The van der Waals surface area contributed by atoms with Crippen LogP contribution in [0.2, 0.25) is 0 Å². The highest BCUT2D eigenvalue weighted by molar-refractivity contribution is 7.90. The third kappa shape index (κ3) is 3.02. The Morgan fingerprint density at radius 3 is 2.37 bits per heavy atom. The molecule has 0 spiro atoms. The Morgan fingerprint density at radius 2 is 1.95 bits per heavy atom. The van der Waals surface area contributed by atoms with E-state index < -0.39 is 38.2 Å². The Morgan fingerprint density at radius 1 is 1.37 bits per heavy atom. The van der Waals surface area contributed by atoms with E-state index in [-0.39, 0.29) is 5.75 Å². The molecule has 1 aromatic carbocycles. The molecule has 0 heterocycles. The van der Waals surface area contributed by atoms with Gasteiger partial charge < -0.3 is 14.6 Å². The lowest BCUT2D eigenvalue weighted by molar-refractivity contribution is -0.150. The average molecular weight is 292 g/mol. The zero-order valence-electron chi connectivity index (χ0n) is 10.5. The minimum atomic E-state index is -3.93. The van der Waals surface area contributed by atoms with Crippen LogP contribution in [0.4, 0.5) is 4.39 Å². The molecule has 0 saturated heterocycles. The van der Waals surface area contributed by atoms with Crippen LogP contribution in [-0.4, -0.2) is 40.0 Å². The second-order valence-corrected chi connectivity index (χ2v) is 5.65. The van der Waals surface area contributed by atoms with Gasteiger partial charge in [0.05, 0.1) is 14.2 Å². The Labute approximate surface area is 109 Å². The maximum atomic E-state index is 14.1. The molecule has 0 aromatic heterocycles. The van der Waals surface area contributed by atoms with Gasteiger partial charge in [0.1, 0.15) is 10.6 Å². The second kappa shape index (κ2) is 5.54. The zero-order valence-corrected chi connectivity index (χ0v) is 11.3. The predicted octanol–water partition coefficient (Wildman–Crippen LogP) is 0.444. The Balaban J connectivity index is 3.52. The lowest BCUT2D eigenvalue weighted by Gasteiger charge is -2.14. The largest absolute Gasteiger partial charge is 0.495 e. The van der Waals surface area contributed by atoms with Gasteiger partial charge in [-0.2, -0.15) is 0 Å². The average Bonchev–Trinajstić information content (AvgIpc) is 2.34. The van der Waals surface area contributed by atoms with Crippen LogP contribution in [0.25, 0.3) is 0 Å². The summed E-state index contributed by atoms with van der Waals surface area (Å²) >= 11 is 0. The summed E-state index contributed by atoms with van der Waals surface area (Å²) in [5.74, 6) is -2.54. The van der Waals surface area contributed by atoms with E-state index in [1.807, 2.05) is 0 Å². The molecular weight excluding hydrogens is 279 g/mol. The molecule has 1 aromatic rings. The highest BCUT2D eigenvalue weighted by Gasteiger charge is 2.28. The van der Waals surface area contributed by atoms with E-state index in [0.29, 0.717) is 0 Å². The van der Waals surface area contributed by atoms with Crippen molar-refractivity contribution in [3.63, 3.8) is 0 Å². The molecule has 106 valence electrons. The highest BCUT2D eigenvalue weighted by Crippen LogP contribution is 2.31. The van der Waals surface area contributed by atoms with Crippen molar-refractivity contribution in [3.8, 4) is 5.75 Å². The summed E-state index contributed by atoms with van der Waals surface area (Å²) in [4.78, 5) is 10.4. The van der Waals surface area contributed by atoms with Crippen LogP contribution in [0.3, 0.4) is 0 Å². The van der Waals surface area contributed by atoms with Crippen LogP contribution < -0.4 is 4.74 Å². The molecule has 19 heavy (non-hydrogen) atoms. The number of carbonyl (C=O) groups is 1. The highest BCUT2D eigenvalue weighted by atomic mass is 32.2. The molecule has 0 bridgehead atoms. The van der Waals surface area contributed by atoms with E-state index >= 15 is 0 Å². The number of ether oxygens (including phenoxy) is 2. The summed E-state index contributed by atoms with van der Waals surface area (Å²) in [7, 11) is -1.73. The lowest BCUT2D eigenvalue weighted by Crippen LogP contribution is -2.17. The normalized spacial score (nSPS) is 12.9. The van der Waals surface area contributed by atoms with Crippen molar-refractivity contribution in [3.05, 3.63) is 23.5 Å². The quantitative estimate of drug-likeness (QED) is 0.810. The van der Waals surface area contributed by atoms with Crippen LogP contribution in [-0.2, 0) is 19.4 Å². The van der Waals surface area contributed by atoms with Crippen molar-refractivity contribution < 1.29 is 32.2 Å². The standard InChI is InChI=1S/C11H13FO6S/c1-17-7-5-4-6(9(13)11(14)18-2)8(12)10(7)19(3,15)16/h4-5,9,13H,1-3H3. The zero-order chi connectivity index (χ0) is 14.8. The van der Waals surface area contributed by atoms with Gasteiger partial charge in [-0.15, -0.1) is 0 Å². The maximum absolute atomic E-state index is 14.1. The number of carbonyl (C=O) groups excluding carboxylic acids is 1. The van der Waals surface area contributed by atoms with Gasteiger partial charge in [0, 0.05) is 11.8 Å². The monoisotopic (exact) mass is 292 g/mol. The number of aliphatic hydroxyl groups excluding tert-OH is 1. The molecule has 0 amide bonds. The molecule has 0 radical (unpaired) electrons. The Kier molecular flexibility index (Phi) is 4.48. The molecule has 0 aliphatic heterocycles. The number of esters is 1. The fourth-order valence-corrected chi connectivity index (χ4v) is 2.47. The van der Waals surface area contributed by atoms with E-state index in [4.69, 9.17) is 4.74 Å². The van der Waals surface area contributed by atoms with Crippen LogP contribution in [0, 0.1) is 5.82 Å². The van der Waals surface area contributed by atoms with Crippen molar-refractivity contribution in [2.24, 2.45) is 0 Å². The van der Waals surface area contributed by atoms with Crippen LogP contribution >= 0.6 is 0 Å². The smallest absolute Gasteiger partial charge is 0.339 e. The van der Waals surface area contributed by atoms with Gasteiger partial charge in [-0.05, 0) is 12.1 Å². The first-order chi connectivity index (χ1) is 8.73. The summed E-state index contributed by atoms with van der Waals surface area (Å²) < 4.78 is 46.2. The SMILES string of the molecule is COC(=O)C(O)c1ccc(OC)c(S(C)(=O)=O)c1F. The van der Waals surface area contributed by atoms with Crippen LogP contribution in [0.1, 0.15) is 11.7 Å². The summed E-state index contributed by atoms with van der Waals surface area (Å²) in [6.07, 6.45) is -1.11. The maximum Gasteiger partial charge on any atom is 0.339 e. The van der Waals surface area contributed by atoms with Gasteiger partial charge in [0.2, 0.25) is 0 Å². The Hall–Kier alpha value is -1.67. The Bertz CT molecular complexity index is 595. The molecule has 0 aliphatic carbocycles. The molecule has 6 nitrogen and oxygen atoms in total. The third-order valence-corrected chi connectivity index (χ3v) is 3.52. The number of aliphatic hydroxyl groups is 1. The van der Waals surface area contributed by atoms with Crippen LogP contribution in [0.15, 0.2) is 17.0 Å². The van der Waals surface area contributed by atoms with Gasteiger partial charge in [-0.3, -0.25) is 0 Å². The minimum Gasteiger partial charge on any atom is -0.495 e. The first kappa shape index (κ1) is 15.4. The molecule has 0 aliphatic rings. The van der Waals surface area contributed by atoms with Gasteiger partial charge in [-0.25, -0.2) is 17.6 Å². The molecule has 8 heteroatoms. The molecule has 0 fully saturated rings. The number of benzene rings is 1. The fourth-order valence-electron chi connectivity index (χ4n) is 1.51. The number of halogens is 1. The number of hydrogen-bond acceptors (Lipinski definition) is 6. The number of rotatable bonds is 4. The van der Waals surface area contributed by atoms with Crippen molar-refractivity contribution in [2.45, 2.75) is 11.0 Å². The molecule has 1 rings (SSSR count). The summed E-state index contributed by atoms with van der Waals surface area (Å²) in [6, 6.07) is 2.21. The fraction of sp³-hybridized carbons (Fsp3) is 0.364. The molecule has 1 atom stereocenters. The van der Waals surface area contributed by atoms with Gasteiger partial charge in [0.15, 0.2) is 21.8 Å². The van der Waals surface area contributed by atoms with E-state index in [0.717, 1.165) is 25.5 Å². The summed E-state index contributed by atoms with van der Waals surface area (Å²) in [5.41, 5.74) is -0.493. The minimum absolute atomic E-state index is 0.208. The van der Waals surface area contributed by atoms with Crippen molar-refractivity contribution in [1.29, 1.82) is 0 Å². The van der Waals surface area contributed by atoms with Gasteiger partial charge in [0.25, 0.3) is 0 Å². The molecular formula is C11H13FO6S. The predicted molar refractivity (Wildman–Crippen MR) is 63.0 cm³/mol. The van der Waals surface area contributed by atoms with Crippen molar-refractivity contribution in [1.82, 2.24) is 0 Å². The van der Waals surface area contributed by atoms with Gasteiger partial charge >= 0.3 is 5.97 Å². The molecule has 0 saturated carbocycles. The van der Waals surface area contributed by atoms with E-state index in [9.17, 15) is 22.7 Å². The van der Waals surface area contributed by atoms with Crippen molar-refractivity contribution >= 4 is 15.8 Å². The molecule has 1 N–H and O–H groups in total. The first-order valence-electron chi connectivity index (χ1n) is 5.06. The first-order valence-corrected chi connectivity index (χ1v) is 6.95. The molecule has 1 unspecified atom stereocenters. The lowest BCUT2D eigenvalue weighted by atomic mass is 10.1. The third-order valence-electron chi connectivity index (χ3n) is 2.40. The second-order valence-electron chi connectivity index (χ2n) is 3.70. The number of sulfone groups is 1. The van der Waals surface area contributed by atoms with E-state index in [1.165, 1.54) is 7.11 Å². The topological polar surface area (TPSA) is 89.9 Å². The number of methoxy groups -OCH3 is 2. The van der Waals surface area contributed by atoms with Crippen molar-refractivity contribution in [2.75, 3.05) is 20.5 Å². The summed E-state index contributed by atoms with van der Waals surface area (Å²) in [6.45, 7) is 0. The van der Waals surface area contributed by atoms with Gasteiger partial charge in [-0.1, -0.05) is 0 Å². The van der Waals surface area contributed by atoms with E-state index in [2.05, 4.69) is 4.74 Å². The summed E-state index contributed by atoms with van der Waals surface area (Å²) in [5, 5.41) is 9.57. The van der Waals surface area contributed by atoms with Crippen LogP contribution in [0.5, 0.6) is 5.75 Å².